The average molecular weight is 372 g/mol. The number of hydrogen-bond acceptors (Lipinski definition) is 6. The molecule has 7 heteroatoms. The molecule has 0 saturated heterocycles. The molecule has 0 aliphatic heterocycles. The van der Waals surface area contributed by atoms with Crippen molar-refractivity contribution in [3.8, 4) is 40.1 Å². The summed E-state index contributed by atoms with van der Waals surface area (Å²) in [6.45, 7) is 2.63. The van der Waals surface area contributed by atoms with Crippen molar-refractivity contribution in [1.82, 2.24) is 9.97 Å². The van der Waals surface area contributed by atoms with Crippen LogP contribution in [0.25, 0.3) is 22.4 Å². The zero-order valence-electron chi connectivity index (χ0n) is 16.2. The Hall–Kier alpha value is -3.09. The standard InChI is InChI=1S/C20H24N2O5/c1-6-7-27-19-17(25-4)8-12(9-18(19)26-5)20-21-13-10-15(23-2)16(24-3)11-14(13)22-20/h8-11H,6-7H2,1-5H3,(H,21,22). The molecule has 0 unspecified atom stereocenters. The van der Waals surface area contributed by atoms with Gasteiger partial charge >= 0.3 is 0 Å². The van der Waals surface area contributed by atoms with Gasteiger partial charge in [0.1, 0.15) is 5.82 Å². The molecule has 144 valence electrons. The number of nitrogens with one attached hydrogen (secondary N) is 1. The molecule has 2 aromatic carbocycles. The van der Waals surface area contributed by atoms with Gasteiger partial charge in [-0.25, -0.2) is 4.98 Å². The summed E-state index contributed by atoms with van der Waals surface area (Å²) in [5, 5.41) is 0. The molecule has 0 radical (unpaired) electrons. The minimum atomic E-state index is 0.580. The summed E-state index contributed by atoms with van der Waals surface area (Å²) in [6.07, 6.45) is 0.890. The summed E-state index contributed by atoms with van der Waals surface area (Å²) in [6, 6.07) is 7.44. The lowest BCUT2D eigenvalue weighted by atomic mass is 10.1. The number of benzene rings is 2. The second kappa shape index (κ2) is 8.07. The lowest BCUT2D eigenvalue weighted by Gasteiger charge is -2.15. The Labute approximate surface area is 158 Å². The fourth-order valence-corrected chi connectivity index (χ4v) is 2.84. The number of hydrogen-bond donors (Lipinski definition) is 1. The van der Waals surface area contributed by atoms with Crippen molar-refractivity contribution >= 4 is 11.0 Å². The first-order chi connectivity index (χ1) is 13.1. The molecule has 0 amide bonds. The summed E-state index contributed by atoms with van der Waals surface area (Å²) < 4.78 is 27.5. The number of imidazole rings is 1. The smallest absolute Gasteiger partial charge is 0.203 e. The molecular formula is C20H24N2O5. The lowest BCUT2D eigenvalue weighted by molar-refractivity contribution is 0.275. The first-order valence-electron chi connectivity index (χ1n) is 8.66. The van der Waals surface area contributed by atoms with Gasteiger partial charge in [-0.2, -0.15) is 0 Å². The predicted octanol–water partition coefficient (Wildman–Crippen LogP) is 4.05. The van der Waals surface area contributed by atoms with Crippen molar-refractivity contribution in [3.63, 3.8) is 0 Å². The Balaban J connectivity index is 2.10. The van der Waals surface area contributed by atoms with Gasteiger partial charge in [0, 0.05) is 17.7 Å². The predicted molar refractivity (Wildman–Crippen MR) is 104 cm³/mol. The van der Waals surface area contributed by atoms with Gasteiger partial charge in [-0.05, 0) is 18.6 Å². The van der Waals surface area contributed by atoms with Crippen LogP contribution in [0.4, 0.5) is 0 Å². The summed E-state index contributed by atoms with van der Waals surface area (Å²) in [7, 11) is 6.41. The molecule has 0 atom stereocenters. The molecule has 0 saturated carbocycles. The molecule has 0 aliphatic carbocycles. The van der Waals surface area contributed by atoms with Crippen molar-refractivity contribution in [2.45, 2.75) is 13.3 Å². The van der Waals surface area contributed by atoms with E-state index < -0.39 is 0 Å². The van der Waals surface area contributed by atoms with Crippen LogP contribution < -0.4 is 23.7 Å². The first kappa shape index (κ1) is 18.7. The van der Waals surface area contributed by atoms with E-state index >= 15 is 0 Å². The summed E-state index contributed by atoms with van der Waals surface area (Å²) in [5.74, 6) is 3.71. The molecule has 7 nitrogen and oxygen atoms in total. The number of H-pyrrole nitrogens is 1. The summed E-state index contributed by atoms with van der Waals surface area (Å²) in [5.41, 5.74) is 2.43. The highest BCUT2D eigenvalue weighted by Gasteiger charge is 2.17. The van der Waals surface area contributed by atoms with E-state index in [9.17, 15) is 0 Å². The Morgan fingerprint density at radius 2 is 1.41 bits per heavy atom. The fraction of sp³-hybridized carbons (Fsp3) is 0.350. The molecule has 1 aromatic heterocycles. The van der Waals surface area contributed by atoms with E-state index in [1.165, 1.54) is 0 Å². The van der Waals surface area contributed by atoms with Gasteiger partial charge in [-0.1, -0.05) is 6.92 Å². The molecular weight excluding hydrogens is 348 g/mol. The van der Waals surface area contributed by atoms with Crippen molar-refractivity contribution in [2.75, 3.05) is 35.0 Å². The molecule has 0 bridgehead atoms. The van der Waals surface area contributed by atoms with Crippen molar-refractivity contribution in [2.24, 2.45) is 0 Å². The quantitative estimate of drug-likeness (QED) is 0.643. The summed E-state index contributed by atoms with van der Waals surface area (Å²) >= 11 is 0. The Bertz CT molecular complexity index is 870. The number of aromatic nitrogens is 2. The lowest BCUT2D eigenvalue weighted by Crippen LogP contribution is -2.01. The van der Waals surface area contributed by atoms with E-state index in [1.807, 2.05) is 31.2 Å². The SMILES string of the molecule is CCCOc1c(OC)cc(-c2nc3cc(OC)c(OC)cc3[nH]2)cc1OC. The largest absolute Gasteiger partial charge is 0.493 e. The minimum Gasteiger partial charge on any atom is -0.493 e. The van der Waals surface area contributed by atoms with Crippen LogP contribution in [0, 0.1) is 0 Å². The molecule has 27 heavy (non-hydrogen) atoms. The molecule has 3 aromatic rings. The topological polar surface area (TPSA) is 74.8 Å². The molecule has 3 rings (SSSR count). The molecule has 0 spiro atoms. The third kappa shape index (κ3) is 3.58. The molecule has 1 N–H and O–H groups in total. The Morgan fingerprint density at radius 3 is 1.96 bits per heavy atom. The van der Waals surface area contributed by atoms with Crippen LogP contribution >= 0.6 is 0 Å². The average Bonchev–Trinajstić information content (AvgIpc) is 3.13. The zero-order chi connectivity index (χ0) is 19.4. The van der Waals surface area contributed by atoms with Crippen LogP contribution in [0.15, 0.2) is 24.3 Å². The van der Waals surface area contributed by atoms with Gasteiger partial charge in [-0.3, -0.25) is 0 Å². The van der Waals surface area contributed by atoms with Crippen LogP contribution in [0.3, 0.4) is 0 Å². The Morgan fingerprint density at radius 1 is 0.815 bits per heavy atom. The normalized spacial score (nSPS) is 10.7. The second-order valence-corrected chi connectivity index (χ2v) is 5.87. The maximum Gasteiger partial charge on any atom is 0.203 e. The van der Waals surface area contributed by atoms with Crippen LogP contribution in [-0.2, 0) is 0 Å². The molecule has 1 heterocycles. The van der Waals surface area contributed by atoms with Gasteiger partial charge in [0.15, 0.2) is 23.0 Å². The highest BCUT2D eigenvalue weighted by Crippen LogP contribution is 2.41. The van der Waals surface area contributed by atoms with Crippen molar-refractivity contribution in [1.29, 1.82) is 0 Å². The van der Waals surface area contributed by atoms with Gasteiger partial charge in [0.2, 0.25) is 5.75 Å². The maximum atomic E-state index is 5.80. The number of methoxy groups -OCH3 is 4. The molecule has 0 aliphatic rings. The van der Waals surface area contributed by atoms with E-state index in [1.54, 1.807) is 28.4 Å². The van der Waals surface area contributed by atoms with E-state index in [-0.39, 0.29) is 0 Å². The third-order valence-corrected chi connectivity index (χ3v) is 4.17. The highest BCUT2D eigenvalue weighted by atomic mass is 16.5. The second-order valence-electron chi connectivity index (χ2n) is 5.87. The Kier molecular flexibility index (Phi) is 5.59. The molecule has 0 fully saturated rings. The minimum absolute atomic E-state index is 0.580. The van der Waals surface area contributed by atoms with Crippen LogP contribution in [0.2, 0.25) is 0 Å². The first-order valence-corrected chi connectivity index (χ1v) is 8.66. The monoisotopic (exact) mass is 372 g/mol. The van der Waals surface area contributed by atoms with Crippen molar-refractivity contribution < 1.29 is 23.7 Å². The van der Waals surface area contributed by atoms with Gasteiger partial charge in [0.25, 0.3) is 0 Å². The number of rotatable bonds is 8. The van der Waals surface area contributed by atoms with Crippen molar-refractivity contribution in [3.05, 3.63) is 24.3 Å². The van der Waals surface area contributed by atoms with E-state index in [4.69, 9.17) is 23.7 Å². The van der Waals surface area contributed by atoms with E-state index in [0.29, 0.717) is 41.2 Å². The number of nitrogens with zero attached hydrogens (tertiary/aromatic N) is 1. The van der Waals surface area contributed by atoms with Gasteiger partial charge < -0.3 is 28.7 Å². The number of ether oxygens (including phenoxy) is 5. The zero-order valence-corrected chi connectivity index (χ0v) is 16.2. The fourth-order valence-electron chi connectivity index (χ4n) is 2.84. The highest BCUT2D eigenvalue weighted by molar-refractivity contribution is 5.83. The third-order valence-electron chi connectivity index (χ3n) is 4.17. The number of fused-ring (bicyclic) bond motifs is 1. The van der Waals surface area contributed by atoms with E-state index in [2.05, 4.69) is 9.97 Å². The van der Waals surface area contributed by atoms with Crippen LogP contribution in [0.1, 0.15) is 13.3 Å². The maximum absolute atomic E-state index is 5.80. The van der Waals surface area contributed by atoms with Crippen LogP contribution in [-0.4, -0.2) is 45.0 Å². The number of aromatic amines is 1. The van der Waals surface area contributed by atoms with Gasteiger partial charge in [-0.15, -0.1) is 0 Å². The van der Waals surface area contributed by atoms with Crippen LogP contribution in [0.5, 0.6) is 28.7 Å². The van der Waals surface area contributed by atoms with E-state index in [0.717, 1.165) is 23.0 Å². The summed E-state index contributed by atoms with van der Waals surface area (Å²) in [4.78, 5) is 7.97. The van der Waals surface area contributed by atoms with Gasteiger partial charge in [0.05, 0.1) is 46.1 Å².